The summed E-state index contributed by atoms with van der Waals surface area (Å²) in [6.07, 6.45) is 2.00. The van der Waals surface area contributed by atoms with Gasteiger partial charge in [-0.2, -0.15) is 0 Å². The highest BCUT2D eigenvalue weighted by atomic mass is 16.6. The lowest BCUT2D eigenvalue weighted by Crippen LogP contribution is -2.48. The zero-order chi connectivity index (χ0) is 14.9. The summed E-state index contributed by atoms with van der Waals surface area (Å²) in [6, 6.07) is 1.13. The van der Waals surface area contributed by atoms with E-state index in [2.05, 4.69) is 11.9 Å². The number of carbonyl (C=O) groups is 1. The molecule has 8 nitrogen and oxygen atoms in total. The number of piperidine rings is 1. The number of hydrogen-bond acceptors (Lipinski definition) is 6. The normalized spacial score (nSPS) is 22.6. The first-order chi connectivity index (χ1) is 9.40. The number of hydrogen-bond donors (Lipinski definition) is 2. The number of primary amides is 1. The highest BCUT2D eigenvalue weighted by Crippen LogP contribution is 2.26. The zero-order valence-electron chi connectivity index (χ0n) is 11.2. The van der Waals surface area contributed by atoms with Gasteiger partial charge < -0.3 is 16.4 Å². The Labute approximate surface area is 115 Å². The van der Waals surface area contributed by atoms with Crippen LogP contribution in [-0.2, 0) is 0 Å². The zero-order valence-corrected chi connectivity index (χ0v) is 11.2. The van der Waals surface area contributed by atoms with E-state index < -0.39 is 10.8 Å². The Hall–Kier alpha value is -2.22. The van der Waals surface area contributed by atoms with Gasteiger partial charge in [0.05, 0.1) is 10.5 Å². The first kappa shape index (κ1) is 14.2. The molecule has 1 aromatic heterocycles. The van der Waals surface area contributed by atoms with Gasteiger partial charge in [-0.3, -0.25) is 14.9 Å². The van der Waals surface area contributed by atoms with E-state index in [1.54, 1.807) is 0 Å². The van der Waals surface area contributed by atoms with Gasteiger partial charge in [0.15, 0.2) is 0 Å². The topological polar surface area (TPSA) is 128 Å². The molecule has 4 N–H and O–H groups in total. The summed E-state index contributed by atoms with van der Waals surface area (Å²) in [5, 5.41) is 10.7. The molecule has 1 aromatic rings. The van der Waals surface area contributed by atoms with Gasteiger partial charge in [-0.15, -0.1) is 0 Å². The minimum atomic E-state index is -0.733. The molecule has 2 atom stereocenters. The number of pyridine rings is 1. The van der Waals surface area contributed by atoms with Crippen molar-refractivity contribution in [1.82, 2.24) is 4.98 Å². The quantitative estimate of drug-likeness (QED) is 0.603. The number of amides is 1. The lowest BCUT2D eigenvalue weighted by atomic mass is 9.94. The van der Waals surface area contributed by atoms with E-state index in [-0.39, 0.29) is 17.3 Å². The minimum Gasteiger partial charge on any atom is -0.365 e. The summed E-state index contributed by atoms with van der Waals surface area (Å²) in [7, 11) is 0. The highest BCUT2D eigenvalue weighted by Gasteiger charge is 2.27. The fourth-order valence-corrected chi connectivity index (χ4v) is 2.27. The maximum atomic E-state index is 11.5. The van der Waals surface area contributed by atoms with Gasteiger partial charge in [-0.25, -0.2) is 4.98 Å². The van der Waals surface area contributed by atoms with Gasteiger partial charge in [-0.05, 0) is 12.3 Å². The first-order valence-electron chi connectivity index (χ1n) is 6.35. The third kappa shape index (κ3) is 2.69. The molecule has 0 saturated carbocycles. The van der Waals surface area contributed by atoms with E-state index in [0.717, 1.165) is 18.7 Å². The number of carbonyl (C=O) groups excluding carboxylic acids is 1. The molecule has 0 aliphatic carbocycles. The van der Waals surface area contributed by atoms with E-state index in [0.29, 0.717) is 24.8 Å². The van der Waals surface area contributed by atoms with E-state index in [1.807, 2.05) is 4.90 Å². The third-order valence-electron chi connectivity index (χ3n) is 3.64. The maximum absolute atomic E-state index is 11.5. The lowest BCUT2D eigenvalue weighted by Gasteiger charge is -2.36. The summed E-state index contributed by atoms with van der Waals surface area (Å²) in [6.45, 7) is 3.31. The van der Waals surface area contributed by atoms with Crippen molar-refractivity contribution in [3.05, 3.63) is 27.9 Å². The molecule has 0 bridgehead atoms. The van der Waals surface area contributed by atoms with Crippen molar-refractivity contribution in [3.8, 4) is 0 Å². The van der Waals surface area contributed by atoms with Crippen molar-refractivity contribution in [3.63, 3.8) is 0 Å². The van der Waals surface area contributed by atoms with E-state index in [1.165, 1.54) is 0 Å². The molecule has 0 radical (unpaired) electrons. The Morgan fingerprint density at radius 2 is 2.30 bits per heavy atom. The molecule has 20 heavy (non-hydrogen) atoms. The predicted octanol–water partition coefficient (Wildman–Crippen LogP) is 0.262. The number of nitrogens with zero attached hydrogens (tertiary/aromatic N) is 3. The maximum Gasteiger partial charge on any atom is 0.288 e. The summed E-state index contributed by atoms with van der Waals surface area (Å²) in [4.78, 5) is 27.5. The molecule has 1 aliphatic heterocycles. The number of rotatable bonds is 3. The number of nitro groups is 1. The van der Waals surface area contributed by atoms with Crippen LogP contribution in [0.1, 0.15) is 23.7 Å². The average molecular weight is 279 g/mol. The van der Waals surface area contributed by atoms with Crippen LogP contribution in [0.15, 0.2) is 12.3 Å². The molecular weight excluding hydrogens is 262 g/mol. The molecule has 0 aromatic carbocycles. The lowest BCUT2D eigenvalue weighted by molar-refractivity contribution is -0.385. The largest absolute Gasteiger partial charge is 0.365 e. The van der Waals surface area contributed by atoms with Crippen LogP contribution in [0, 0.1) is 16.0 Å². The molecular formula is C12H17N5O3. The summed E-state index contributed by atoms with van der Waals surface area (Å²) >= 11 is 0. The summed E-state index contributed by atoms with van der Waals surface area (Å²) < 4.78 is 0. The molecule has 2 heterocycles. The molecule has 8 heteroatoms. The van der Waals surface area contributed by atoms with Crippen LogP contribution >= 0.6 is 0 Å². The standard InChI is InChI=1S/C12H17N5O3/c1-7-2-3-16(6-10(7)13)12-9(11(14)18)4-8(5-15-12)17(19)20/h4-5,7,10H,2-3,6,13H2,1H3,(H2,14,18). The van der Waals surface area contributed by atoms with Crippen LogP contribution in [-0.4, -0.2) is 34.9 Å². The minimum absolute atomic E-state index is 0.0264. The second kappa shape index (κ2) is 5.41. The van der Waals surface area contributed by atoms with Gasteiger partial charge >= 0.3 is 0 Å². The fraction of sp³-hybridized carbons (Fsp3) is 0.500. The number of anilines is 1. The van der Waals surface area contributed by atoms with Gasteiger partial charge in [0, 0.05) is 25.2 Å². The van der Waals surface area contributed by atoms with Crippen molar-refractivity contribution in [2.75, 3.05) is 18.0 Å². The third-order valence-corrected chi connectivity index (χ3v) is 3.64. The van der Waals surface area contributed by atoms with Gasteiger partial charge in [0.25, 0.3) is 11.6 Å². The van der Waals surface area contributed by atoms with Crippen molar-refractivity contribution >= 4 is 17.4 Å². The van der Waals surface area contributed by atoms with Crippen LogP contribution in [0.4, 0.5) is 11.5 Å². The monoisotopic (exact) mass is 279 g/mol. The molecule has 1 saturated heterocycles. The van der Waals surface area contributed by atoms with Crippen LogP contribution < -0.4 is 16.4 Å². The van der Waals surface area contributed by atoms with Crippen molar-refractivity contribution < 1.29 is 9.72 Å². The Morgan fingerprint density at radius 3 is 2.85 bits per heavy atom. The van der Waals surface area contributed by atoms with E-state index in [4.69, 9.17) is 11.5 Å². The predicted molar refractivity (Wildman–Crippen MR) is 73.4 cm³/mol. The van der Waals surface area contributed by atoms with E-state index >= 15 is 0 Å². The van der Waals surface area contributed by atoms with Crippen molar-refractivity contribution in [2.24, 2.45) is 17.4 Å². The molecule has 1 aliphatic rings. The Kier molecular flexibility index (Phi) is 3.84. The molecule has 2 rings (SSSR count). The van der Waals surface area contributed by atoms with Crippen LogP contribution in [0.25, 0.3) is 0 Å². The Morgan fingerprint density at radius 1 is 1.60 bits per heavy atom. The summed E-state index contributed by atoms with van der Waals surface area (Å²) in [5.74, 6) is 0.0233. The smallest absolute Gasteiger partial charge is 0.288 e. The van der Waals surface area contributed by atoms with Crippen LogP contribution in [0.3, 0.4) is 0 Å². The van der Waals surface area contributed by atoms with Gasteiger partial charge in [-0.1, -0.05) is 6.92 Å². The number of nitrogens with two attached hydrogens (primary N) is 2. The second-order valence-electron chi connectivity index (χ2n) is 5.06. The average Bonchev–Trinajstić information content (AvgIpc) is 2.41. The Balaban J connectivity index is 2.36. The van der Waals surface area contributed by atoms with Gasteiger partial charge in [0.1, 0.15) is 12.0 Å². The molecule has 0 spiro atoms. The Bertz CT molecular complexity index is 548. The van der Waals surface area contributed by atoms with Crippen molar-refractivity contribution in [2.45, 2.75) is 19.4 Å². The van der Waals surface area contributed by atoms with Crippen LogP contribution in [0.5, 0.6) is 0 Å². The fourth-order valence-electron chi connectivity index (χ4n) is 2.27. The molecule has 108 valence electrons. The SMILES string of the molecule is CC1CCN(c2ncc([N+](=O)[O-])cc2C(N)=O)CC1N. The van der Waals surface area contributed by atoms with Gasteiger partial charge in [0.2, 0.25) is 0 Å². The first-order valence-corrected chi connectivity index (χ1v) is 6.35. The summed E-state index contributed by atoms with van der Waals surface area (Å²) in [5.41, 5.74) is 11.1. The second-order valence-corrected chi connectivity index (χ2v) is 5.06. The van der Waals surface area contributed by atoms with Crippen LogP contribution in [0.2, 0.25) is 0 Å². The number of aromatic nitrogens is 1. The molecule has 1 amide bonds. The highest BCUT2D eigenvalue weighted by molar-refractivity contribution is 5.98. The van der Waals surface area contributed by atoms with E-state index in [9.17, 15) is 14.9 Å². The molecule has 2 unspecified atom stereocenters. The van der Waals surface area contributed by atoms with Crippen molar-refractivity contribution in [1.29, 1.82) is 0 Å². The molecule has 1 fully saturated rings.